The number of anilines is 2. The minimum atomic E-state index is -0.789. The summed E-state index contributed by atoms with van der Waals surface area (Å²) in [5, 5.41) is 15.4. The molecule has 29 heavy (non-hydrogen) atoms. The summed E-state index contributed by atoms with van der Waals surface area (Å²) in [6.07, 6.45) is 2.73. The number of benzene rings is 2. The second-order valence-electron chi connectivity index (χ2n) is 6.60. The van der Waals surface area contributed by atoms with E-state index in [1.54, 1.807) is 0 Å². The fraction of sp³-hybridized carbons (Fsp3) is 0.273. The number of halogens is 1. The SMILES string of the molecule is CCCCOc1ccc(-c2csc(Nc3ccc(CCC(=O)O)cc3)n2)cc1Cl. The van der Waals surface area contributed by atoms with Crippen LogP contribution in [0.15, 0.2) is 47.8 Å². The lowest BCUT2D eigenvalue weighted by Crippen LogP contribution is -1.97. The first kappa shape index (κ1) is 21.1. The number of unbranched alkanes of at least 4 members (excludes halogenated alkanes) is 1. The summed E-state index contributed by atoms with van der Waals surface area (Å²) in [6.45, 7) is 2.78. The summed E-state index contributed by atoms with van der Waals surface area (Å²) in [4.78, 5) is 15.3. The van der Waals surface area contributed by atoms with Crippen molar-refractivity contribution in [1.29, 1.82) is 0 Å². The molecule has 5 nitrogen and oxygen atoms in total. The van der Waals surface area contributed by atoms with Gasteiger partial charge in [-0.15, -0.1) is 11.3 Å². The molecule has 0 aliphatic rings. The van der Waals surface area contributed by atoms with E-state index >= 15 is 0 Å². The van der Waals surface area contributed by atoms with E-state index in [1.165, 1.54) is 11.3 Å². The van der Waals surface area contributed by atoms with Gasteiger partial charge in [0, 0.05) is 23.1 Å². The van der Waals surface area contributed by atoms with E-state index in [9.17, 15) is 4.79 Å². The molecule has 0 saturated carbocycles. The Morgan fingerprint density at radius 3 is 2.72 bits per heavy atom. The van der Waals surface area contributed by atoms with Gasteiger partial charge in [-0.2, -0.15) is 0 Å². The highest BCUT2D eigenvalue weighted by atomic mass is 35.5. The zero-order chi connectivity index (χ0) is 20.6. The highest BCUT2D eigenvalue weighted by Gasteiger charge is 2.09. The Bertz CT molecular complexity index is 957. The van der Waals surface area contributed by atoms with Crippen LogP contribution < -0.4 is 10.1 Å². The number of nitrogens with one attached hydrogen (secondary N) is 1. The number of nitrogens with zero attached hydrogens (tertiary/aromatic N) is 1. The number of aromatic nitrogens is 1. The van der Waals surface area contributed by atoms with Crippen molar-refractivity contribution < 1.29 is 14.6 Å². The van der Waals surface area contributed by atoms with Crippen LogP contribution in [0, 0.1) is 0 Å². The van der Waals surface area contributed by atoms with E-state index < -0.39 is 5.97 Å². The Hall–Kier alpha value is -2.57. The molecule has 0 atom stereocenters. The van der Waals surface area contributed by atoms with Crippen LogP contribution in [0.4, 0.5) is 10.8 Å². The lowest BCUT2D eigenvalue weighted by molar-refractivity contribution is -0.136. The zero-order valence-electron chi connectivity index (χ0n) is 16.2. The second kappa shape index (κ2) is 10.3. The van der Waals surface area contributed by atoms with E-state index in [1.807, 2.05) is 47.8 Å². The van der Waals surface area contributed by atoms with Gasteiger partial charge in [0.2, 0.25) is 0 Å². The monoisotopic (exact) mass is 430 g/mol. The van der Waals surface area contributed by atoms with Crippen LogP contribution in [0.2, 0.25) is 5.02 Å². The molecule has 7 heteroatoms. The molecule has 152 valence electrons. The minimum absolute atomic E-state index is 0.133. The second-order valence-corrected chi connectivity index (χ2v) is 7.87. The molecule has 0 bridgehead atoms. The van der Waals surface area contributed by atoms with E-state index in [-0.39, 0.29) is 6.42 Å². The van der Waals surface area contributed by atoms with Crippen LogP contribution in [0.3, 0.4) is 0 Å². The summed E-state index contributed by atoms with van der Waals surface area (Å²) >= 11 is 7.86. The Morgan fingerprint density at radius 1 is 1.24 bits per heavy atom. The number of hydrogen-bond donors (Lipinski definition) is 2. The van der Waals surface area contributed by atoms with Crippen molar-refractivity contribution in [3.8, 4) is 17.0 Å². The van der Waals surface area contributed by atoms with Crippen molar-refractivity contribution in [2.75, 3.05) is 11.9 Å². The lowest BCUT2D eigenvalue weighted by atomic mass is 10.1. The predicted molar refractivity (Wildman–Crippen MR) is 119 cm³/mol. The van der Waals surface area contributed by atoms with Gasteiger partial charge in [-0.25, -0.2) is 4.98 Å². The fourth-order valence-corrected chi connectivity index (χ4v) is 3.67. The molecule has 3 rings (SSSR count). The maximum absolute atomic E-state index is 10.7. The molecule has 1 aromatic heterocycles. The zero-order valence-corrected chi connectivity index (χ0v) is 17.7. The van der Waals surface area contributed by atoms with Crippen molar-refractivity contribution in [3.63, 3.8) is 0 Å². The number of ether oxygens (including phenoxy) is 1. The first-order chi connectivity index (χ1) is 14.0. The van der Waals surface area contributed by atoms with Crippen LogP contribution in [-0.2, 0) is 11.2 Å². The third kappa shape index (κ3) is 6.21. The first-order valence-corrected chi connectivity index (χ1v) is 10.8. The van der Waals surface area contributed by atoms with Crippen molar-refractivity contribution in [1.82, 2.24) is 4.98 Å². The number of carbonyl (C=O) groups is 1. The van der Waals surface area contributed by atoms with Crippen molar-refractivity contribution in [3.05, 3.63) is 58.4 Å². The number of thiazole rings is 1. The topological polar surface area (TPSA) is 71.5 Å². The molecule has 0 aliphatic carbocycles. The average Bonchev–Trinajstić information content (AvgIpc) is 3.17. The van der Waals surface area contributed by atoms with Crippen LogP contribution >= 0.6 is 22.9 Å². The predicted octanol–water partition coefficient (Wildman–Crippen LogP) is 6.40. The van der Waals surface area contributed by atoms with Gasteiger partial charge in [0.25, 0.3) is 0 Å². The van der Waals surface area contributed by atoms with Gasteiger partial charge in [0.1, 0.15) is 5.75 Å². The summed E-state index contributed by atoms with van der Waals surface area (Å²) in [5.41, 5.74) is 3.68. The molecule has 0 spiro atoms. The quantitative estimate of drug-likeness (QED) is 0.364. The Kier molecular flexibility index (Phi) is 7.49. The number of carboxylic acids is 1. The van der Waals surface area contributed by atoms with Gasteiger partial charge in [-0.3, -0.25) is 4.79 Å². The number of aryl methyl sites for hydroxylation is 1. The van der Waals surface area contributed by atoms with E-state index in [0.717, 1.165) is 40.5 Å². The van der Waals surface area contributed by atoms with Crippen LogP contribution in [0.1, 0.15) is 31.7 Å². The van der Waals surface area contributed by atoms with Crippen LogP contribution in [-0.4, -0.2) is 22.7 Å². The van der Waals surface area contributed by atoms with Crippen LogP contribution in [0.25, 0.3) is 11.3 Å². The summed E-state index contributed by atoms with van der Waals surface area (Å²) in [7, 11) is 0. The number of rotatable bonds is 10. The fourth-order valence-electron chi connectivity index (χ4n) is 2.70. The number of hydrogen-bond acceptors (Lipinski definition) is 5. The van der Waals surface area contributed by atoms with Crippen molar-refractivity contribution in [2.45, 2.75) is 32.6 Å². The molecule has 0 saturated heterocycles. The molecule has 0 fully saturated rings. The molecule has 1 heterocycles. The van der Waals surface area contributed by atoms with Gasteiger partial charge in [-0.1, -0.05) is 37.1 Å². The van der Waals surface area contributed by atoms with Gasteiger partial charge in [0.05, 0.1) is 17.3 Å². The number of aliphatic carboxylic acids is 1. The van der Waals surface area contributed by atoms with Crippen LogP contribution in [0.5, 0.6) is 5.75 Å². The first-order valence-electron chi connectivity index (χ1n) is 9.51. The van der Waals surface area contributed by atoms with Gasteiger partial charge >= 0.3 is 5.97 Å². The maximum Gasteiger partial charge on any atom is 0.303 e. The molecule has 3 aromatic rings. The van der Waals surface area contributed by atoms with Gasteiger partial charge in [0.15, 0.2) is 5.13 Å². The molecular formula is C22H23ClN2O3S. The molecule has 0 unspecified atom stereocenters. The van der Waals surface area contributed by atoms with E-state index in [4.69, 9.17) is 21.4 Å². The average molecular weight is 431 g/mol. The Labute approximate surface area is 179 Å². The highest BCUT2D eigenvalue weighted by molar-refractivity contribution is 7.14. The minimum Gasteiger partial charge on any atom is -0.492 e. The highest BCUT2D eigenvalue weighted by Crippen LogP contribution is 2.32. The Morgan fingerprint density at radius 2 is 2.03 bits per heavy atom. The number of carboxylic acid groups (broad SMARTS) is 1. The molecule has 0 aliphatic heterocycles. The van der Waals surface area contributed by atoms with E-state index in [0.29, 0.717) is 23.8 Å². The molecule has 0 amide bonds. The lowest BCUT2D eigenvalue weighted by Gasteiger charge is -2.08. The Balaban J connectivity index is 1.63. The summed E-state index contributed by atoms with van der Waals surface area (Å²) in [6, 6.07) is 13.4. The molecule has 2 N–H and O–H groups in total. The molecule has 0 radical (unpaired) electrons. The third-order valence-corrected chi connectivity index (χ3v) is 5.37. The van der Waals surface area contributed by atoms with E-state index in [2.05, 4.69) is 17.2 Å². The maximum atomic E-state index is 10.7. The standard InChI is InChI=1S/C22H23ClN2O3S/c1-2-3-12-28-20-10-7-16(13-18(20)23)19-14-29-22(25-19)24-17-8-4-15(5-9-17)6-11-21(26)27/h4-5,7-10,13-14H,2-3,6,11-12H2,1H3,(H,24,25)(H,26,27). The molecular weight excluding hydrogens is 408 g/mol. The summed E-state index contributed by atoms with van der Waals surface area (Å²) in [5.74, 6) is -0.0939. The van der Waals surface area contributed by atoms with Crippen molar-refractivity contribution in [2.24, 2.45) is 0 Å². The summed E-state index contributed by atoms with van der Waals surface area (Å²) < 4.78 is 5.70. The van der Waals surface area contributed by atoms with Crippen molar-refractivity contribution >= 4 is 39.7 Å². The smallest absolute Gasteiger partial charge is 0.303 e. The molecule has 2 aromatic carbocycles. The third-order valence-electron chi connectivity index (χ3n) is 4.32. The normalized spacial score (nSPS) is 10.7. The van der Waals surface area contributed by atoms with Gasteiger partial charge in [-0.05, 0) is 48.7 Å². The largest absolute Gasteiger partial charge is 0.492 e. The van der Waals surface area contributed by atoms with Gasteiger partial charge < -0.3 is 15.2 Å².